The molecule has 2 N–H and O–H groups in total. The summed E-state index contributed by atoms with van der Waals surface area (Å²) in [5.74, 6) is -1.49. The summed E-state index contributed by atoms with van der Waals surface area (Å²) in [5.41, 5.74) is 0.817. The predicted octanol–water partition coefficient (Wildman–Crippen LogP) is 1.35. The lowest BCUT2D eigenvalue weighted by atomic mass is 9.97. The van der Waals surface area contributed by atoms with E-state index in [1.807, 2.05) is 6.07 Å². The Morgan fingerprint density at radius 3 is 2.45 bits per heavy atom. The minimum absolute atomic E-state index is 0.0548. The van der Waals surface area contributed by atoms with Crippen LogP contribution in [0, 0.1) is 0 Å². The van der Waals surface area contributed by atoms with Gasteiger partial charge in [-0.2, -0.15) is 0 Å². The molecule has 0 aliphatic carbocycles. The maximum Gasteiger partial charge on any atom is 0.290 e. The highest BCUT2D eigenvalue weighted by molar-refractivity contribution is 6.08. The van der Waals surface area contributed by atoms with Crippen molar-refractivity contribution in [2.75, 3.05) is 6.54 Å². The molecule has 1 aliphatic rings. The number of Topliss-reactive ketones (excluding diaryl/α,β-unsaturated/α-hetero) is 1. The van der Waals surface area contributed by atoms with Crippen LogP contribution < -0.4 is 0 Å². The normalized spacial score (nSPS) is 20.4. The number of aliphatic hydroxyl groups is 2. The van der Waals surface area contributed by atoms with E-state index in [1.54, 1.807) is 31.2 Å². The summed E-state index contributed by atoms with van der Waals surface area (Å²) in [6.07, 6.45) is -0.746. The topological polar surface area (TPSA) is 77.8 Å². The highest BCUT2D eigenvalue weighted by Gasteiger charge is 2.42. The molecule has 0 fully saturated rings. The smallest absolute Gasteiger partial charge is 0.290 e. The molecular weight excluding hydrogens is 258 g/mol. The monoisotopic (exact) mass is 275 g/mol. The Labute approximate surface area is 117 Å². The molecule has 1 aromatic rings. The molecule has 1 aromatic carbocycles. The van der Waals surface area contributed by atoms with E-state index in [1.165, 1.54) is 11.8 Å². The Morgan fingerprint density at radius 1 is 1.35 bits per heavy atom. The molecule has 0 aromatic heterocycles. The summed E-state index contributed by atoms with van der Waals surface area (Å²) < 4.78 is 0. The number of nitrogens with zero attached hydrogens (tertiary/aromatic N) is 1. The van der Waals surface area contributed by atoms with Gasteiger partial charge in [-0.3, -0.25) is 9.59 Å². The van der Waals surface area contributed by atoms with Gasteiger partial charge in [0.05, 0.1) is 17.7 Å². The van der Waals surface area contributed by atoms with Gasteiger partial charge in [-0.1, -0.05) is 30.3 Å². The van der Waals surface area contributed by atoms with Crippen LogP contribution in [0.15, 0.2) is 41.7 Å². The van der Waals surface area contributed by atoms with E-state index in [-0.39, 0.29) is 17.9 Å². The highest BCUT2D eigenvalue weighted by Crippen LogP contribution is 2.37. The van der Waals surface area contributed by atoms with Gasteiger partial charge >= 0.3 is 0 Å². The number of carbonyl (C=O) groups is 2. The fourth-order valence-corrected chi connectivity index (χ4v) is 2.47. The fraction of sp³-hybridized carbons (Fsp3) is 0.333. The zero-order valence-corrected chi connectivity index (χ0v) is 11.4. The molecular formula is C15H17NO4. The summed E-state index contributed by atoms with van der Waals surface area (Å²) in [5, 5.41) is 19.5. The molecule has 1 amide bonds. The van der Waals surface area contributed by atoms with E-state index >= 15 is 0 Å². The van der Waals surface area contributed by atoms with E-state index in [4.69, 9.17) is 0 Å². The van der Waals surface area contributed by atoms with Crippen LogP contribution in [-0.2, 0) is 9.59 Å². The number of β-amino-alcohol motifs (C(OH)–C–C–N with tert-alkyl or cyclic N) is 1. The van der Waals surface area contributed by atoms with Crippen molar-refractivity contribution in [2.24, 2.45) is 0 Å². The van der Waals surface area contributed by atoms with Gasteiger partial charge in [0.25, 0.3) is 5.91 Å². The van der Waals surface area contributed by atoms with Gasteiger partial charge in [0.1, 0.15) is 0 Å². The lowest BCUT2D eigenvalue weighted by molar-refractivity contribution is -0.130. The minimum atomic E-state index is -0.746. The summed E-state index contributed by atoms with van der Waals surface area (Å²) in [6, 6.07) is 8.36. The van der Waals surface area contributed by atoms with Crippen molar-refractivity contribution in [3.8, 4) is 0 Å². The van der Waals surface area contributed by atoms with E-state index in [0.29, 0.717) is 0 Å². The van der Waals surface area contributed by atoms with Crippen molar-refractivity contribution < 1.29 is 19.8 Å². The van der Waals surface area contributed by atoms with Crippen LogP contribution in [-0.4, -0.2) is 39.5 Å². The number of amides is 1. The molecule has 0 saturated heterocycles. The lowest BCUT2D eigenvalue weighted by Gasteiger charge is -2.27. The number of hydrogen-bond acceptors (Lipinski definition) is 4. The van der Waals surface area contributed by atoms with Crippen LogP contribution in [0.25, 0.3) is 0 Å². The summed E-state index contributed by atoms with van der Waals surface area (Å²) >= 11 is 0. The zero-order chi connectivity index (χ0) is 14.9. The molecule has 2 atom stereocenters. The number of carbonyl (C=O) groups excluding carboxylic acids is 2. The van der Waals surface area contributed by atoms with Crippen LogP contribution in [0.1, 0.15) is 25.5 Å². The van der Waals surface area contributed by atoms with Crippen molar-refractivity contribution in [2.45, 2.75) is 26.0 Å². The summed E-state index contributed by atoms with van der Waals surface area (Å²) in [7, 11) is 0. The third-order valence-corrected chi connectivity index (χ3v) is 3.26. The van der Waals surface area contributed by atoms with Crippen LogP contribution in [0.3, 0.4) is 0 Å². The Balaban J connectivity index is 2.50. The molecule has 20 heavy (non-hydrogen) atoms. The third-order valence-electron chi connectivity index (χ3n) is 3.26. The number of rotatable bonds is 4. The van der Waals surface area contributed by atoms with E-state index in [0.717, 1.165) is 5.56 Å². The SMILES string of the molecule is CC(=O)C1=C(O)C(=O)N(CC(C)O)C1c1ccccc1. The van der Waals surface area contributed by atoms with Gasteiger partial charge < -0.3 is 15.1 Å². The molecule has 5 heteroatoms. The van der Waals surface area contributed by atoms with Crippen molar-refractivity contribution >= 4 is 11.7 Å². The zero-order valence-electron chi connectivity index (χ0n) is 11.4. The van der Waals surface area contributed by atoms with Crippen molar-refractivity contribution in [1.29, 1.82) is 0 Å². The molecule has 106 valence electrons. The third kappa shape index (κ3) is 2.44. The first-order chi connectivity index (χ1) is 9.43. The molecule has 0 spiro atoms. The number of hydrogen-bond donors (Lipinski definition) is 2. The molecule has 1 aliphatic heterocycles. The Kier molecular flexibility index (Phi) is 3.90. The molecule has 2 unspecified atom stereocenters. The average molecular weight is 275 g/mol. The number of aliphatic hydroxyl groups excluding tert-OH is 2. The maximum absolute atomic E-state index is 12.1. The first-order valence-corrected chi connectivity index (χ1v) is 6.41. The first-order valence-electron chi connectivity index (χ1n) is 6.41. The number of benzene rings is 1. The fourth-order valence-electron chi connectivity index (χ4n) is 2.47. The lowest BCUT2D eigenvalue weighted by Crippen LogP contribution is -2.36. The standard InChI is InChI=1S/C15H17NO4/c1-9(17)8-16-13(11-6-4-3-5-7-11)12(10(2)18)14(19)15(16)20/h3-7,9,13,17,19H,8H2,1-2H3. The molecule has 0 saturated carbocycles. The second-order valence-corrected chi connectivity index (χ2v) is 4.94. The predicted molar refractivity (Wildman–Crippen MR) is 72.9 cm³/mol. The van der Waals surface area contributed by atoms with Crippen LogP contribution >= 0.6 is 0 Å². The summed E-state index contributed by atoms with van der Waals surface area (Å²) in [4.78, 5) is 25.2. The Morgan fingerprint density at radius 2 is 1.95 bits per heavy atom. The highest BCUT2D eigenvalue weighted by atomic mass is 16.3. The Hall–Kier alpha value is -2.14. The molecule has 5 nitrogen and oxygen atoms in total. The van der Waals surface area contributed by atoms with E-state index < -0.39 is 23.8 Å². The van der Waals surface area contributed by atoms with Crippen molar-refractivity contribution in [3.63, 3.8) is 0 Å². The summed E-state index contributed by atoms with van der Waals surface area (Å²) in [6.45, 7) is 2.93. The van der Waals surface area contributed by atoms with Gasteiger partial charge in [-0.25, -0.2) is 0 Å². The second-order valence-electron chi connectivity index (χ2n) is 4.94. The molecule has 1 heterocycles. The van der Waals surface area contributed by atoms with Crippen molar-refractivity contribution in [3.05, 3.63) is 47.2 Å². The van der Waals surface area contributed by atoms with Crippen LogP contribution in [0.2, 0.25) is 0 Å². The molecule has 0 radical (unpaired) electrons. The average Bonchev–Trinajstić information content (AvgIpc) is 2.64. The van der Waals surface area contributed by atoms with Crippen LogP contribution in [0.5, 0.6) is 0 Å². The van der Waals surface area contributed by atoms with Gasteiger partial charge in [0.2, 0.25) is 0 Å². The largest absolute Gasteiger partial charge is 0.503 e. The maximum atomic E-state index is 12.1. The first kappa shape index (κ1) is 14.3. The second kappa shape index (κ2) is 5.46. The molecule has 2 rings (SSSR count). The van der Waals surface area contributed by atoms with Gasteiger partial charge in [0.15, 0.2) is 11.5 Å². The molecule has 0 bridgehead atoms. The van der Waals surface area contributed by atoms with E-state index in [9.17, 15) is 19.8 Å². The minimum Gasteiger partial charge on any atom is -0.503 e. The quantitative estimate of drug-likeness (QED) is 0.869. The van der Waals surface area contributed by atoms with E-state index in [2.05, 4.69) is 0 Å². The Bertz CT molecular complexity index is 562. The van der Waals surface area contributed by atoms with Crippen LogP contribution in [0.4, 0.5) is 0 Å². The number of ketones is 1. The van der Waals surface area contributed by atoms with Gasteiger partial charge in [0, 0.05) is 6.54 Å². The van der Waals surface area contributed by atoms with Crippen molar-refractivity contribution in [1.82, 2.24) is 4.90 Å². The van der Waals surface area contributed by atoms with Gasteiger partial charge in [-0.15, -0.1) is 0 Å². The van der Waals surface area contributed by atoms with Gasteiger partial charge in [-0.05, 0) is 19.4 Å².